The summed E-state index contributed by atoms with van der Waals surface area (Å²) < 4.78 is 3.53. The molecule has 4 aromatic rings. The minimum Gasteiger partial charge on any atom is -0.304 e. The zero-order chi connectivity index (χ0) is 17.4. The van der Waals surface area contributed by atoms with Crippen LogP contribution in [0.2, 0.25) is 10.0 Å². The average molecular weight is 391 g/mol. The molecule has 0 bridgehead atoms. The highest BCUT2D eigenvalue weighted by atomic mass is 35.5. The van der Waals surface area contributed by atoms with Gasteiger partial charge in [-0.2, -0.15) is 4.68 Å². The quantitative estimate of drug-likeness (QED) is 0.488. The van der Waals surface area contributed by atoms with E-state index in [1.165, 1.54) is 17.3 Å². The number of halogens is 2. The molecule has 6 nitrogen and oxygen atoms in total. The van der Waals surface area contributed by atoms with Crippen molar-refractivity contribution < 1.29 is 0 Å². The maximum absolute atomic E-state index is 6.18. The number of imidazole rings is 1. The van der Waals surface area contributed by atoms with Crippen molar-refractivity contribution in [1.29, 1.82) is 0 Å². The molecule has 0 aliphatic carbocycles. The summed E-state index contributed by atoms with van der Waals surface area (Å²) in [6.07, 6.45) is 3.68. The molecule has 0 fully saturated rings. The van der Waals surface area contributed by atoms with Crippen LogP contribution in [-0.4, -0.2) is 29.6 Å². The van der Waals surface area contributed by atoms with Crippen molar-refractivity contribution in [2.24, 2.45) is 0 Å². The number of pyridine rings is 1. The number of hydrogen-bond acceptors (Lipinski definition) is 5. The summed E-state index contributed by atoms with van der Waals surface area (Å²) in [6.45, 7) is 2.04. The standard InChI is InChI=1S/C16H12Cl2N6S/c1-10-2-4-13(5-3-10)24-16(20-21-22-24)25-9-12-8-23-7-11(17)6-14(18)15(23)19-12/h2-8H,9H2,1H3. The topological polar surface area (TPSA) is 60.9 Å². The fourth-order valence-corrected chi connectivity index (χ4v) is 3.70. The molecule has 0 unspecified atom stereocenters. The van der Waals surface area contributed by atoms with Gasteiger partial charge in [-0.3, -0.25) is 0 Å². The van der Waals surface area contributed by atoms with E-state index in [2.05, 4.69) is 20.5 Å². The summed E-state index contributed by atoms with van der Waals surface area (Å²) in [5.41, 5.74) is 3.65. The molecule has 9 heteroatoms. The predicted molar refractivity (Wildman–Crippen MR) is 98.7 cm³/mol. The molecule has 0 aliphatic rings. The number of benzene rings is 1. The molecule has 126 valence electrons. The molecule has 3 heterocycles. The molecule has 1 aromatic carbocycles. The fraction of sp³-hybridized carbons (Fsp3) is 0.125. The Morgan fingerprint density at radius 2 is 1.92 bits per heavy atom. The molecule has 0 N–H and O–H groups in total. The monoisotopic (exact) mass is 390 g/mol. The Hall–Kier alpha value is -2.09. The van der Waals surface area contributed by atoms with Gasteiger partial charge in [0.15, 0.2) is 5.65 Å². The molecule has 0 saturated carbocycles. The molecule has 0 aliphatic heterocycles. The molecular formula is C16H12Cl2N6S. The third-order valence-electron chi connectivity index (χ3n) is 3.59. The fourth-order valence-electron chi connectivity index (χ4n) is 2.40. The lowest BCUT2D eigenvalue weighted by molar-refractivity contribution is 0.756. The van der Waals surface area contributed by atoms with Crippen LogP contribution in [0.1, 0.15) is 11.3 Å². The van der Waals surface area contributed by atoms with Crippen LogP contribution in [0.15, 0.2) is 47.9 Å². The number of aromatic nitrogens is 6. The summed E-state index contributed by atoms with van der Waals surface area (Å²) in [5.74, 6) is 0.613. The molecule has 4 rings (SSSR count). The Balaban J connectivity index is 1.57. The van der Waals surface area contributed by atoms with Crippen molar-refractivity contribution in [3.8, 4) is 5.69 Å². The van der Waals surface area contributed by atoms with Gasteiger partial charge in [0.1, 0.15) is 0 Å². The van der Waals surface area contributed by atoms with E-state index in [0.717, 1.165) is 11.4 Å². The first-order valence-electron chi connectivity index (χ1n) is 7.41. The van der Waals surface area contributed by atoms with Crippen LogP contribution in [0.3, 0.4) is 0 Å². The van der Waals surface area contributed by atoms with Crippen LogP contribution >= 0.6 is 35.0 Å². The number of fused-ring (bicyclic) bond motifs is 1. The second kappa shape index (κ2) is 6.67. The highest BCUT2D eigenvalue weighted by Crippen LogP contribution is 2.25. The predicted octanol–water partition coefficient (Wildman–Crippen LogP) is 4.22. The second-order valence-electron chi connectivity index (χ2n) is 5.47. The average Bonchev–Trinajstić information content (AvgIpc) is 3.20. The smallest absolute Gasteiger partial charge is 0.214 e. The van der Waals surface area contributed by atoms with Gasteiger partial charge in [0.05, 0.1) is 21.4 Å². The number of aryl methyl sites for hydroxylation is 1. The zero-order valence-corrected chi connectivity index (χ0v) is 15.4. The SMILES string of the molecule is Cc1ccc(-n2nnnc2SCc2cn3cc(Cl)cc(Cl)c3n2)cc1. The summed E-state index contributed by atoms with van der Waals surface area (Å²) in [5, 5.41) is 13.7. The van der Waals surface area contributed by atoms with E-state index in [1.807, 2.05) is 41.8 Å². The van der Waals surface area contributed by atoms with Gasteiger partial charge in [0, 0.05) is 18.1 Å². The summed E-state index contributed by atoms with van der Waals surface area (Å²) in [7, 11) is 0. The van der Waals surface area contributed by atoms with Crippen molar-refractivity contribution in [2.45, 2.75) is 17.8 Å². The van der Waals surface area contributed by atoms with Crippen molar-refractivity contribution >= 4 is 40.6 Å². The van der Waals surface area contributed by atoms with Gasteiger partial charge in [-0.15, -0.1) is 5.10 Å². The third kappa shape index (κ3) is 3.35. The van der Waals surface area contributed by atoms with Crippen LogP contribution in [0.5, 0.6) is 0 Å². The van der Waals surface area contributed by atoms with Gasteiger partial charge >= 0.3 is 0 Å². The highest BCUT2D eigenvalue weighted by Gasteiger charge is 2.12. The van der Waals surface area contributed by atoms with Crippen molar-refractivity contribution in [3.05, 3.63) is 64.0 Å². The van der Waals surface area contributed by atoms with E-state index in [0.29, 0.717) is 26.6 Å². The van der Waals surface area contributed by atoms with Crippen LogP contribution in [0.4, 0.5) is 0 Å². The van der Waals surface area contributed by atoms with Crippen LogP contribution in [-0.2, 0) is 5.75 Å². The Bertz CT molecular complexity index is 1040. The molecule has 3 aromatic heterocycles. The van der Waals surface area contributed by atoms with Gasteiger partial charge in [-0.05, 0) is 35.5 Å². The Morgan fingerprint density at radius 1 is 1.12 bits per heavy atom. The molecule has 0 amide bonds. The minimum absolute atomic E-state index is 0.522. The normalized spacial score (nSPS) is 11.3. The van der Waals surface area contributed by atoms with E-state index in [-0.39, 0.29) is 0 Å². The van der Waals surface area contributed by atoms with E-state index in [9.17, 15) is 0 Å². The summed E-state index contributed by atoms with van der Waals surface area (Å²) in [4.78, 5) is 4.54. The first-order chi connectivity index (χ1) is 12.1. The lowest BCUT2D eigenvalue weighted by atomic mass is 10.2. The van der Waals surface area contributed by atoms with E-state index < -0.39 is 0 Å². The highest BCUT2D eigenvalue weighted by molar-refractivity contribution is 7.98. The molecule has 0 radical (unpaired) electrons. The van der Waals surface area contributed by atoms with Gasteiger partial charge < -0.3 is 4.40 Å². The number of thioether (sulfide) groups is 1. The van der Waals surface area contributed by atoms with E-state index in [4.69, 9.17) is 23.2 Å². The molecule has 0 spiro atoms. The first kappa shape index (κ1) is 16.4. The van der Waals surface area contributed by atoms with E-state index in [1.54, 1.807) is 16.9 Å². The minimum atomic E-state index is 0.522. The maximum atomic E-state index is 6.18. The van der Waals surface area contributed by atoms with Crippen LogP contribution in [0, 0.1) is 6.92 Å². The lowest BCUT2D eigenvalue weighted by Crippen LogP contribution is -1.99. The molecule has 0 atom stereocenters. The molecule has 0 saturated heterocycles. The van der Waals surface area contributed by atoms with Crippen molar-refractivity contribution in [2.75, 3.05) is 0 Å². The van der Waals surface area contributed by atoms with E-state index >= 15 is 0 Å². The van der Waals surface area contributed by atoms with Gasteiger partial charge in [0.25, 0.3) is 0 Å². The number of nitrogens with zero attached hydrogens (tertiary/aromatic N) is 6. The van der Waals surface area contributed by atoms with Gasteiger partial charge in [0.2, 0.25) is 5.16 Å². The number of hydrogen-bond donors (Lipinski definition) is 0. The summed E-state index contributed by atoms with van der Waals surface area (Å²) in [6, 6.07) is 9.71. The summed E-state index contributed by atoms with van der Waals surface area (Å²) >= 11 is 13.7. The van der Waals surface area contributed by atoms with Crippen molar-refractivity contribution in [3.63, 3.8) is 0 Å². The first-order valence-corrected chi connectivity index (χ1v) is 9.15. The Labute approximate surface area is 157 Å². The maximum Gasteiger partial charge on any atom is 0.214 e. The number of tetrazole rings is 1. The van der Waals surface area contributed by atoms with Crippen LogP contribution < -0.4 is 0 Å². The Morgan fingerprint density at radius 3 is 2.72 bits per heavy atom. The molecule has 25 heavy (non-hydrogen) atoms. The molecular weight excluding hydrogens is 379 g/mol. The third-order valence-corrected chi connectivity index (χ3v) is 5.03. The lowest BCUT2D eigenvalue weighted by Gasteiger charge is -2.03. The second-order valence-corrected chi connectivity index (χ2v) is 7.25. The Kier molecular flexibility index (Phi) is 4.37. The van der Waals surface area contributed by atoms with Crippen molar-refractivity contribution in [1.82, 2.24) is 29.6 Å². The van der Waals surface area contributed by atoms with Crippen LogP contribution in [0.25, 0.3) is 11.3 Å². The zero-order valence-electron chi connectivity index (χ0n) is 13.1. The van der Waals surface area contributed by atoms with Gasteiger partial charge in [-0.25, -0.2) is 4.98 Å². The van der Waals surface area contributed by atoms with Gasteiger partial charge in [-0.1, -0.05) is 52.7 Å². The number of rotatable bonds is 4. The largest absolute Gasteiger partial charge is 0.304 e.